The normalized spacial score (nSPS) is 17.2. The van der Waals surface area contributed by atoms with Gasteiger partial charge < -0.3 is 15.4 Å². The van der Waals surface area contributed by atoms with Crippen molar-refractivity contribution in [3.63, 3.8) is 0 Å². The van der Waals surface area contributed by atoms with Gasteiger partial charge in [-0.05, 0) is 74.4 Å². The van der Waals surface area contributed by atoms with E-state index in [0.29, 0.717) is 33.2 Å². The summed E-state index contributed by atoms with van der Waals surface area (Å²) in [6.45, 7) is 4.13. The van der Waals surface area contributed by atoms with Gasteiger partial charge >= 0.3 is 12.3 Å². The van der Waals surface area contributed by atoms with Crippen LogP contribution in [0, 0.1) is 5.92 Å². The van der Waals surface area contributed by atoms with E-state index in [0.717, 1.165) is 0 Å². The fourth-order valence-corrected chi connectivity index (χ4v) is 5.08. The van der Waals surface area contributed by atoms with E-state index in [-0.39, 0.29) is 19.0 Å². The number of benzene rings is 3. The Hall–Kier alpha value is -4.35. The first-order valence-electron chi connectivity index (χ1n) is 14.2. The van der Waals surface area contributed by atoms with Gasteiger partial charge in [0.25, 0.3) is 0 Å². The van der Waals surface area contributed by atoms with Gasteiger partial charge in [0.2, 0.25) is 11.8 Å². The average molecular weight is 643 g/mol. The number of carbonyl (C=O) groups excluding carboxylic acids is 3. The van der Waals surface area contributed by atoms with Crippen LogP contribution in [0.5, 0.6) is 0 Å². The second-order valence-electron chi connectivity index (χ2n) is 11.7. The van der Waals surface area contributed by atoms with E-state index in [1.54, 1.807) is 99.6 Å². The second kappa shape index (κ2) is 14.2. The predicted octanol–water partition coefficient (Wildman–Crippen LogP) is 7.56. The molecule has 3 aromatic rings. The van der Waals surface area contributed by atoms with Crippen LogP contribution in [0.4, 0.5) is 35.0 Å². The molecule has 8 nitrogen and oxygen atoms in total. The van der Waals surface area contributed by atoms with Crippen LogP contribution in [0.15, 0.2) is 78.9 Å². The Labute approximate surface area is 264 Å². The summed E-state index contributed by atoms with van der Waals surface area (Å²) >= 11 is 5.92. The van der Waals surface area contributed by atoms with Crippen LogP contribution in [-0.2, 0) is 14.3 Å². The van der Waals surface area contributed by atoms with Gasteiger partial charge in [0.05, 0.1) is 23.8 Å². The van der Waals surface area contributed by atoms with Crippen LogP contribution in [0.2, 0.25) is 5.02 Å². The Bertz CT molecular complexity index is 1540. The van der Waals surface area contributed by atoms with E-state index < -0.39 is 42.2 Å². The SMILES string of the molecule is CC(C)(C)OC(=O)Nc1ccccc1NC(=O)C=Cc1ccc(C2CN(CC(F)(F)F)CC2C(=O)Nc2ccc(Cl)cc2)cc1. The maximum Gasteiger partial charge on any atom is 0.412 e. The third-order valence-corrected chi connectivity index (χ3v) is 7.11. The number of nitrogens with zero attached hydrogens (tertiary/aromatic N) is 1. The van der Waals surface area contributed by atoms with Crippen molar-refractivity contribution in [1.29, 1.82) is 0 Å². The molecule has 3 aromatic carbocycles. The van der Waals surface area contributed by atoms with E-state index in [9.17, 15) is 27.6 Å². The molecule has 0 aliphatic carbocycles. The number of hydrogen-bond acceptors (Lipinski definition) is 5. The van der Waals surface area contributed by atoms with E-state index >= 15 is 0 Å². The van der Waals surface area contributed by atoms with E-state index in [1.807, 2.05) is 0 Å². The lowest BCUT2D eigenvalue weighted by molar-refractivity contribution is -0.144. The molecule has 0 saturated carbocycles. The highest BCUT2D eigenvalue weighted by Gasteiger charge is 2.42. The smallest absolute Gasteiger partial charge is 0.412 e. The lowest BCUT2D eigenvalue weighted by atomic mass is 9.88. The molecule has 0 spiro atoms. The largest absolute Gasteiger partial charge is 0.444 e. The topological polar surface area (TPSA) is 99.8 Å². The number of nitrogens with one attached hydrogen (secondary N) is 3. The van der Waals surface area contributed by atoms with Crippen molar-refractivity contribution >= 4 is 52.6 Å². The average Bonchev–Trinajstić information content (AvgIpc) is 3.36. The first-order chi connectivity index (χ1) is 21.1. The molecular formula is C33H34ClF3N4O4. The van der Waals surface area contributed by atoms with E-state index in [1.165, 1.54) is 11.0 Å². The molecule has 0 radical (unpaired) electrons. The molecule has 3 amide bonds. The minimum atomic E-state index is -4.40. The Morgan fingerprint density at radius 1 is 0.889 bits per heavy atom. The molecule has 0 bridgehead atoms. The molecule has 1 fully saturated rings. The van der Waals surface area contributed by atoms with E-state index in [2.05, 4.69) is 16.0 Å². The molecule has 12 heteroatoms. The monoisotopic (exact) mass is 642 g/mol. The molecule has 4 rings (SSSR count). The van der Waals surface area contributed by atoms with E-state index in [4.69, 9.17) is 16.3 Å². The van der Waals surface area contributed by atoms with Crippen LogP contribution in [-0.4, -0.2) is 54.2 Å². The molecule has 2 unspecified atom stereocenters. The van der Waals surface area contributed by atoms with Crippen molar-refractivity contribution in [2.45, 2.75) is 38.5 Å². The summed E-state index contributed by atoms with van der Waals surface area (Å²) in [4.78, 5) is 39.3. The maximum atomic E-state index is 13.2. The highest BCUT2D eigenvalue weighted by Crippen LogP contribution is 2.35. The van der Waals surface area contributed by atoms with Crippen molar-refractivity contribution in [2.75, 3.05) is 35.6 Å². The van der Waals surface area contributed by atoms with Crippen molar-refractivity contribution in [3.05, 3.63) is 95.0 Å². The molecule has 2 atom stereocenters. The predicted molar refractivity (Wildman–Crippen MR) is 169 cm³/mol. The highest BCUT2D eigenvalue weighted by molar-refractivity contribution is 6.30. The minimum absolute atomic E-state index is 0.0459. The molecule has 238 valence electrons. The number of ether oxygens (including phenoxy) is 1. The third kappa shape index (κ3) is 10.4. The van der Waals surface area contributed by atoms with Crippen molar-refractivity contribution in [3.8, 4) is 0 Å². The zero-order chi connectivity index (χ0) is 32.8. The Morgan fingerprint density at radius 3 is 2.11 bits per heavy atom. The minimum Gasteiger partial charge on any atom is -0.444 e. The summed E-state index contributed by atoms with van der Waals surface area (Å²) in [6, 6.07) is 20.1. The summed E-state index contributed by atoms with van der Waals surface area (Å²) in [7, 11) is 0. The van der Waals surface area contributed by atoms with Crippen LogP contribution < -0.4 is 16.0 Å². The number of rotatable bonds is 8. The van der Waals surface area contributed by atoms with Gasteiger partial charge in [-0.3, -0.25) is 19.8 Å². The molecule has 3 N–H and O–H groups in total. The van der Waals surface area contributed by atoms with Gasteiger partial charge in [0.15, 0.2) is 0 Å². The molecule has 1 saturated heterocycles. The van der Waals surface area contributed by atoms with Gasteiger partial charge in [-0.2, -0.15) is 13.2 Å². The summed E-state index contributed by atoms with van der Waals surface area (Å²) in [6.07, 6.45) is -2.15. The Morgan fingerprint density at radius 2 is 1.51 bits per heavy atom. The van der Waals surface area contributed by atoms with Crippen LogP contribution in [0.1, 0.15) is 37.8 Å². The zero-order valence-electron chi connectivity index (χ0n) is 25.0. The Kier molecular flexibility index (Phi) is 10.6. The van der Waals surface area contributed by atoms with Crippen LogP contribution >= 0.6 is 11.6 Å². The zero-order valence-corrected chi connectivity index (χ0v) is 25.7. The third-order valence-electron chi connectivity index (χ3n) is 6.86. The van der Waals surface area contributed by atoms with Gasteiger partial charge in [-0.1, -0.05) is 48.0 Å². The number of anilines is 3. The number of carbonyl (C=O) groups is 3. The van der Waals surface area contributed by atoms with Gasteiger partial charge in [0.1, 0.15) is 5.60 Å². The van der Waals surface area contributed by atoms with Gasteiger partial charge in [-0.25, -0.2) is 4.79 Å². The number of para-hydroxylation sites is 2. The first-order valence-corrected chi connectivity index (χ1v) is 14.6. The fraction of sp³-hybridized carbons (Fsp3) is 0.303. The first kappa shape index (κ1) is 33.5. The summed E-state index contributed by atoms with van der Waals surface area (Å²) < 4.78 is 44.9. The number of likely N-dealkylation sites (tertiary alicyclic amines) is 1. The standard InChI is InChI=1S/C33H34ClF3N4O4/c1-32(2,3)45-31(44)40-28-7-5-4-6-27(28)39-29(42)17-10-21-8-11-22(12-9-21)25-18-41(20-33(35,36)37)19-26(25)30(43)38-24-15-13-23(34)14-16-24/h4-17,25-26H,18-20H2,1-3H3,(H,38,43)(H,39,42)(H,40,44). The number of hydrogen-bond donors (Lipinski definition) is 3. The number of amides is 3. The van der Waals surface area contributed by atoms with Gasteiger partial charge in [0, 0.05) is 35.8 Å². The lowest BCUT2D eigenvalue weighted by Gasteiger charge is -2.20. The molecular weight excluding hydrogens is 609 g/mol. The van der Waals surface area contributed by atoms with Crippen molar-refractivity contribution in [2.24, 2.45) is 5.92 Å². The fourth-order valence-electron chi connectivity index (χ4n) is 4.95. The lowest BCUT2D eigenvalue weighted by Crippen LogP contribution is -2.34. The summed E-state index contributed by atoms with van der Waals surface area (Å²) in [5, 5.41) is 8.63. The maximum absolute atomic E-state index is 13.2. The van der Waals surface area contributed by atoms with Gasteiger partial charge in [-0.15, -0.1) is 0 Å². The van der Waals surface area contributed by atoms with Crippen LogP contribution in [0.25, 0.3) is 6.08 Å². The van der Waals surface area contributed by atoms with Crippen LogP contribution in [0.3, 0.4) is 0 Å². The molecule has 0 aromatic heterocycles. The Balaban J connectivity index is 1.43. The molecule has 1 aliphatic heterocycles. The van der Waals surface area contributed by atoms with Crippen molar-refractivity contribution in [1.82, 2.24) is 4.90 Å². The van der Waals surface area contributed by atoms with Crippen molar-refractivity contribution < 1.29 is 32.3 Å². The molecule has 1 heterocycles. The second-order valence-corrected chi connectivity index (χ2v) is 12.1. The summed E-state index contributed by atoms with van der Waals surface area (Å²) in [5.41, 5.74) is 1.93. The number of alkyl halides is 3. The highest BCUT2D eigenvalue weighted by atomic mass is 35.5. The number of halogens is 4. The molecule has 1 aliphatic rings. The molecule has 45 heavy (non-hydrogen) atoms. The summed E-state index contributed by atoms with van der Waals surface area (Å²) in [5.74, 6) is -2.02. The quantitative estimate of drug-likeness (QED) is 0.220.